The first-order chi connectivity index (χ1) is 13.6. The van der Waals surface area contributed by atoms with Crippen LogP contribution in [0.25, 0.3) is 6.08 Å². The molecule has 28 heavy (non-hydrogen) atoms. The predicted octanol–water partition coefficient (Wildman–Crippen LogP) is 3.83. The molecule has 0 N–H and O–H groups in total. The van der Waals surface area contributed by atoms with E-state index in [4.69, 9.17) is 14.2 Å². The second-order valence-corrected chi connectivity index (χ2v) is 6.83. The number of amides is 1. The second kappa shape index (κ2) is 11.4. The fourth-order valence-electron chi connectivity index (χ4n) is 3.53. The summed E-state index contributed by atoms with van der Waals surface area (Å²) in [4.78, 5) is 26.3. The summed E-state index contributed by atoms with van der Waals surface area (Å²) in [5.74, 6) is 0.272. The van der Waals surface area contributed by atoms with Crippen molar-refractivity contribution in [2.45, 2.75) is 52.0 Å². The molecule has 1 aliphatic rings. The molecular weight excluding hydrogens is 358 g/mol. The minimum absolute atomic E-state index is 0.143. The minimum atomic E-state index is -0.576. The van der Waals surface area contributed by atoms with Gasteiger partial charge in [-0.2, -0.15) is 0 Å². The van der Waals surface area contributed by atoms with Gasteiger partial charge in [0.15, 0.2) is 24.7 Å². The summed E-state index contributed by atoms with van der Waals surface area (Å²) >= 11 is 0. The van der Waals surface area contributed by atoms with Gasteiger partial charge in [0.25, 0.3) is 5.91 Å². The molecule has 1 fully saturated rings. The lowest BCUT2D eigenvalue weighted by molar-refractivity contribution is -0.154. The Morgan fingerprint density at radius 2 is 1.89 bits per heavy atom. The van der Waals surface area contributed by atoms with Gasteiger partial charge in [0.2, 0.25) is 0 Å². The van der Waals surface area contributed by atoms with Crippen LogP contribution in [0.4, 0.5) is 0 Å². The molecule has 0 saturated heterocycles. The molecule has 1 aromatic carbocycles. The first kappa shape index (κ1) is 21.8. The predicted molar refractivity (Wildman–Crippen MR) is 108 cm³/mol. The summed E-state index contributed by atoms with van der Waals surface area (Å²) < 4.78 is 15.9. The second-order valence-electron chi connectivity index (χ2n) is 6.83. The van der Waals surface area contributed by atoms with Crippen LogP contribution >= 0.6 is 0 Å². The number of benzene rings is 1. The van der Waals surface area contributed by atoms with E-state index in [1.54, 1.807) is 13.2 Å². The van der Waals surface area contributed by atoms with E-state index in [1.165, 1.54) is 6.42 Å². The quantitative estimate of drug-likeness (QED) is 0.601. The van der Waals surface area contributed by atoms with Gasteiger partial charge in [-0.25, -0.2) is 4.79 Å². The Kier molecular flexibility index (Phi) is 8.85. The van der Waals surface area contributed by atoms with E-state index in [0.717, 1.165) is 31.2 Å². The smallest absolute Gasteiger partial charge is 0.344 e. The number of carbonyl (C=O) groups is 2. The minimum Gasteiger partial charge on any atom is -0.493 e. The first-order valence-electron chi connectivity index (χ1n) is 9.97. The summed E-state index contributed by atoms with van der Waals surface area (Å²) in [6, 6.07) is 5.71. The Labute approximate surface area is 167 Å². The van der Waals surface area contributed by atoms with E-state index in [1.807, 2.05) is 43.0 Å². The van der Waals surface area contributed by atoms with E-state index in [-0.39, 0.29) is 25.2 Å². The van der Waals surface area contributed by atoms with Crippen LogP contribution in [0.15, 0.2) is 24.3 Å². The maximum atomic E-state index is 12.4. The van der Waals surface area contributed by atoms with Crippen molar-refractivity contribution in [1.29, 1.82) is 0 Å². The van der Waals surface area contributed by atoms with Gasteiger partial charge >= 0.3 is 5.97 Å². The Hall–Kier alpha value is -2.50. The van der Waals surface area contributed by atoms with Gasteiger partial charge in [-0.3, -0.25) is 4.79 Å². The summed E-state index contributed by atoms with van der Waals surface area (Å²) in [5.41, 5.74) is 0.974. The van der Waals surface area contributed by atoms with Gasteiger partial charge in [0.05, 0.1) is 7.11 Å². The standard InChI is InChI=1S/C22H31NO5/c1-4-9-17-12-13-19(20(14-17)26-3)27-16-22(25)28-15-21(24)23(5-2)18-10-7-6-8-11-18/h4,9,12-14,18H,5-8,10-11,15-16H2,1-3H3/b9-4+. The molecular formula is C22H31NO5. The van der Waals surface area contributed by atoms with Crippen molar-refractivity contribution in [1.82, 2.24) is 4.90 Å². The van der Waals surface area contributed by atoms with Crippen molar-refractivity contribution >= 4 is 18.0 Å². The van der Waals surface area contributed by atoms with E-state index in [2.05, 4.69) is 0 Å². The van der Waals surface area contributed by atoms with E-state index in [9.17, 15) is 9.59 Å². The third-order valence-electron chi connectivity index (χ3n) is 4.93. The average Bonchev–Trinajstić information content (AvgIpc) is 2.72. The first-order valence-corrected chi connectivity index (χ1v) is 9.97. The van der Waals surface area contributed by atoms with Crippen molar-refractivity contribution in [2.24, 2.45) is 0 Å². The van der Waals surface area contributed by atoms with Crippen LogP contribution in [-0.4, -0.2) is 49.7 Å². The molecule has 0 aromatic heterocycles. The molecule has 1 saturated carbocycles. The van der Waals surface area contributed by atoms with Crippen LogP contribution < -0.4 is 9.47 Å². The summed E-state index contributed by atoms with van der Waals surface area (Å²) in [7, 11) is 1.54. The topological polar surface area (TPSA) is 65.1 Å². The van der Waals surface area contributed by atoms with E-state index in [0.29, 0.717) is 18.0 Å². The van der Waals surface area contributed by atoms with Crippen LogP contribution in [0.3, 0.4) is 0 Å². The van der Waals surface area contributed by atoms with Gasteiger partial charge < -0.3 is 19.1 Å². The van der Waals surface area contributed by atoms with Gasteiger partial charge in [-0.1, -0.05) is 37.5 Å². The van der Waals surface area contributed by atoms with Crippen molar-refractivity contribution in [2.75, 3.05) is 26.9 Å². The lowest BCUT2D eigenvalue weighted by Crippen LogP contribution is -2.43. The van der Waals surface area contributed by atoms with Crippen LogP contribution in [0.5, 0.6) is 11.5 Å². The highest BCUT2D eigenvalue weighted by Crippen LogP contribution is 2.28. The number of allylic oxidation sites excluding steroid dienone is 1. The third-order valence-corrected chi connectivity index (χ3v) is 4.93. The van der Waals surface area contributed by atoms with Gasteiger partial charge in [-0.05, 0) is 44.4 Å². The molecule has 0 bridgehead atoms. The number of rotatable bonds is 9. The number of nitrogens with zero attached hydrogens (tertiary/aromatic N) is 1. The molecule has 6 nitrogen and oxygen atoms in total. The Bertz CT molecular complexity index is 680. The third kappa shape index (κ3) is 6.29. The number of ether oxygens (including phenoxy) is 3. The monoisotopic (exact) mass is 389 g/mol. The molecule has 0 atom stereocenters. The van der Waals surface area contributed by atoms with Crippen LogP contribution in [-0.2, 0) is 14.3 Å². The number of esters is 1. The maximum Gasteiger partial charge on any atom is 0.344 e. The molecule has 0 radical (unpaired) electrons. The molecule has 1 aromatic rings. The molecule has 1 amide bonds. The highest BCUT2D eigenvalue weighted by Gasteiger charge is 2.24. The zero-order valence-corrected chi connectivity index (χ0v) is 17.1. The molecule has 6 heteroatoms. The molecule has 0 aliphatic heterocycles. The van der Waals surface area contributed by atoms with Crippen LogP contribution in [0.2, 0.25) is 0 Å². The van der Waals surface area contributed by atoms with Crippen molar-refractivity contribution < 1.29 is 23.8 Å². The normalized spacial score (nSPS) is 14.7. The van der Waals surface area contributed by atoms with Gasteiger partial charge in [0, 0.05) is 12.6 Å². The van der Waals surface area contributed by atoms with Crippen molar-refractivity contribution in [3.05, 3.63) is 29.8 Å². The summed E-state index contributed by atoms with van der Waals surface area (Å²) in [6.07, 6.45) is 9.45. The average molecular weight is 389 g/mol. The SMILES string of the molecule is C/C=C/c1ccc(OCC(=O)OCC(=O)N(CC)C2CCCCC2)c(OC)c1. The van der Waals surface area contributed by atoms with Crippen LogP contribution in [0.1, 0.15) is 51.5 Å². The lowest BCUT2D eigenvalue weighted by Gasteiger charge is -2.33. The summed E-state index contributed by atoms with van der Waals surface area (Å²) in [6.45, 7) is 4.00. The number of hydrogen-bond donors (Lipinski definition) is 0. The highest BCUT2D eigenvalue weighted by molar-refractivity contribution is 5.81. The van der Waals surface area contributed by atoms with Gasteiger partial charge in [0.1, 0.15) is 0 Å². The van der Waals surface area contributed by atoms with Crippen molar-refractivity contribution in [3.8, 4) is 11.5 Å². The van der Waals surface area contributed by atoms with E-state index >= 15 is 0 Å². The van der Waals surface area contributed by atoms with Crippen LogP contribution in [0, 0.1) is 0 Å². The van der Waals surface area contributed by atoms with Gasteiger partial charge in [-0.15, -0.1) is 0 Å². The molecule has 0 heterocycles. The zero-order valence-electron chi connectivity index (χ0n) is 17.1. The molecule has 2 rings (SSSR count). The Balaban J connectivity index is 1.82. The molecule has 1 aliphatic carbocycles. The van der Waals surface area contributed by atoms with E-state index < -0.39 is 5.97 Å². The van der Waals surface area contributed by atoms with Crippen molar-refractivity contribution in [3.63, 3.8) is 0 Å². The highest BCUT2D eigenvalue weighted by atomic mass is 16.6. The number of likely N-dealkylation sites (N-methyl/N-ethyl adjacent to an activating group) is 1. The zero-order chi connectivity index (χ0) is 20.4. The molecule has 154 valence electrons. The largest absolute Gasteiger partial charge is 0.493 e. The number of carbonyl (C=O) groups excluding carboxylic acids is 2. The Morgan fingerprint density at radius 3 is 2.54 bits per heavy atom. The fraction of sp³-hybridized carbons (Fsp3) is 0.545. The Morgan fingerprint density at radius 1 is 1.14 bits per heavy atom. The number of methoxy groups -OCH3 is 1. The summed E-state index contributed by atoms with van der Waals surface area (Å²) in [5, 5.41) is 0. The fourth-order valence-corrected chi connectivity index (χ4v) is 3.53. The molecule has 0 spiro atoms. The molecule has 0 unspecified atom stereocenters. The lowest BCUT2D eigenvalue weighted by atomic mass is 9.94. The number of hydrogen-bond acceptors (Lipinski definition) is 5. The maximum absolute atomic E-state index is 12.4.